The molecule has 2 rings (SSSR count). The number of amides is 2. The fourth-order valence-electron chi connectivity index (χ4n) is 2.26. The van der Waals surface area contributed by atoms with Gasteiger partial charge < -0.3 is 9.84 Å². The van der Waals surface area contributed by atoms with Crippen LogP contribution in [0.4, 0.5) is 10.6 Å². The molecule has 2 amide bonds. The summed E-state index contributed by atoms with van der Waals surface area (Å²) in [5.41, 5.74) is -0.128. The second-order valence-electron chi connectivity index (χ2n) is 6.90. The Labute approximate surface area is 172 Å². The van der Waals surface area contributed by atoms with Crippen LogP contribution in [0, 0.1) is 0 Å². The molecule has 0 aliphatic carbocycles. The van der Waals surface area contributed by atoms with Crippen LogP contribution >= 0.6 is 24.0 Å². The second kappa shape index (κ2) is 9.16. The van der Waals surface area contributed by atoms with Gasteiger partial charge in [0.15, 0.2) is 0 Å². The summed E-state index contributed by atoms with van der Waals surface area (Å²) in [6.45, 7) is 5.50. The molecule has 1 aliphatic rings. The van der Waals surface area contributed by atoms with Crippen molar-refractivity contribution < 1.29 is 24.2 Å². The Morgan fingerprint density at radius 3 is 2.79 bits per heavy atom. The SMILES string of the molecule is CC(C)(C)OC(=O)Nc1ncccc1C=C1SC(=S)N(CCCC(=O)O)C1=O. The molecule has 0 saturated carbocycles. The lowest BCUT2D eigenvalue weighted by atomic mass is 10.2. The molecule has 150 valence electrons. The molecule has 8 nitrogen and oxygen atoms in total. The Hall–Kier alpha value is -2.46. The van der Waals surface area contributed by atoms with Crippen molar-refractivity contribution in [2.24, 2.45) is 0 Å². The van der Waals surface area contributed by atoms with Crippen LogP contribution in [0.1, 0.15) is 39.2 Å². The molecule has 10 heteroatoms. The fourth-order valence-corrected chi connectivity index (χ4v) is 3.56. The highest BCUT2D eigenvalue weighted by Gasteiger charge is 2.32. The molecule has 1 aromatic rings. The maximum atomic E-state index is 12.6. The van der Waals surface area contributed by atoms with E-state index in [1.165, 1.54) is 11.1 Å². The van der Waals surface area contributed by atoms with Crippen LogP contribution < -0.4 is 5.32 Å². The average Bonchev–Trinajstić information content (AvgIpc) is 2.82. The van der Waals surface area contributed by atoms with Crippen molar-refractivity contribution in [3.8, 4) is 0 Å². The molecule has 1 saturated heterocycles. The van der Waals surface area contributed by atoms with Crippen molar-refractivity contribution in [3.05, 3.63) is 28.8 Å². The number of thioether (sulfide) groups is 1. The highest BCUT2D eigenvalue weighted by molar-refractivity contribution is 8.26. The molecule has 1 aromatic heterocycles. The summed E-state index contributed by atoms with van der Waals surface area (Å²) >= 11 is 6.35. The number of hydrogen-bond donors (Lipinski definition) is 2. The number of ether oxygens (including phenoxy) is 1. The average molecular weight is 424 g/mol. The summed E-state index contributed by atoms with van der Waals surface area (Å²) in [4.78, 5) is 41.1. The van der Waals surface area contributed by atoms with E-state index in [1.807, 2.05) is 0 Å². The number of nitrogens with one attached hydrogen (secondary N) is 1. The summed E-state index contributed by atoms with van der Waals surface area (Å²) in [7, 11) is 0. The molecule has 0 bridgehead atoms. The molecule has 0 aromatic carbocycles. The second-order valence-corrected chi connectivity index (χ2v) is 8.57. The first-order valence-corrected chi connectivity index (χ1v) is 9.71. The molecule has 28 heavy (non-hydrogen) atoms. The number of aromatic nitrogens is 1. The summed E-state index contributed by atoms with van der Waals surface area (Å²) < 4.78 is 5.59. The monoisotopic (exact) mass is 423 g/mol. The van der Waals surface area contributed by atoms with Gasteiger partial charge >= 0.3 is 12.1 Å². The van der Waals surface area contributed by atoms with Crippen LogP contribution in [0.25, 0.3) is 6.08 Å². The van der Waals surface area contributed by atoms with Gasteiger partial charge in [-0.3, -0.25) is 19.8 Å². The number of hydrogen-bond acceptors (Lipinski definition) is 7. The van der Waals surface area contributed by atoms with Gasteiger partial charge in [0.05, 0.1) is 4.91 Å². The van der Waals surface area contributed by atoms with E-state index >= 15 is 0 Å². The van der Waals surface area contributed by atoms with Gasteiger partial charge in [0, 0.05) is 24.7 Å². The molecule has 1 fully saturated rings. The van der Waals surface area contributed by atoms with Crippen LogP contribution in [-0.4, -0.2) is 49.4 Å². The Morgan fingerprint density at radius 2 is 2.14 bits per heavy atom. The molecule has 0 atom stereocenters. The van der Waals surface area contributed by atoms with Gasteiger partial charge in [-0.2, -0.15) is 0 Å². The topological polar surface area (TPSA) is 109 Å². The molecule has 2 heterocycles. The summed E-state index contributed by atoms with van der Waals surface area (Å²) in [6.07, 6.45) is 2.73. The van der Waals surface area contributed by atoms with E-state index in [0.29, 0.717) is 21.2 Å². The standard InChI is InChI=1S/C18H21N3O5S2/c1-18(2,3)26-16(25)20-14-11(6-4-8-19-14)10-12-15(24)21(17(27)28-12)9-5-7-13(22)23/h4,6,8,10H,5,7,9H2,1-3H3,(H,22,23)(H,19,20,25). The maximum Gasteiger partial charge on any atom is 0.413 e. The van der Waals surface area contributed by atoms with Gasteiger partial charge in [0.1, 0.15) is 15.7 Å². The first kappa shape index (κ1) is 21.8. The molecular weight excluding hydrogens is 402 g/mol. The molecule has 1 aliphatic heterocycles. The maximum absolute atomic E-state index is 12.6. The fraction of sp³-hybridized carbons (Fsp3) is 0.389. The number of pyridine rings is 1. The van der Waals surface area contributed by atoms with Crippen LogP contribution in [0.3, 0.4) is 0 Å². The van der Waals surface area contributed by atoms with Crippen molar-refractivity contribution in [1.82, 2.24) is 9.88 Å². The zero-order chi connectivity index (χ0) is 20.9. The van der Waals surface area contributed by atoms with Crippen LogP contribution in [-0.2, 0) is 14.3 Å². The number of aliphatic carboxylic acids is 1. The Kier molecular flexibility index (Phi) is 7.14. The number of rotatable bonds is 6. The smallest absolute Gasteiger partial charge is 0.413 e. The first-order chi connectivity index (χ1) is 13.1. The number of carbonyl (C=O) groups is 3. The normalized spacial score (nSPS) is 15.8. The number of thiocarbonyl (C=S) groups is 1. The number of carbonyl (C=O) groups excluding carboxylic acids is 2. The van der Waals surface area contributed by atoms with Gasteiger partial charge in [-0.05, 0) is 45.4 Å². The highest BCUT2D eigenvalue weighted by Crippen LogP contribution is 2.33. The van der Waals surface area contributed by atoms with E-state index in [1.54, 1.807) is 39.0 Å². The summed E-state index contributed by atoms with van der Waals surface area (Å²) in [6, 6.07) is 3.39. The molecule has 2 N–H and O–H groups in total. The third-order valence-electron chi connectivity index (χ3n) is 3.39. The zero-order valence-electron chi connectivity index (χ0n) is 15.7. The molecule has 0 spiro atoms. The summed E-state index contributed by atoms with van der Waals surface area (Å²) in [5.74, 6) is -0.963. The van der Waals surface area contributed by atoms with Crippen LogP contribution in [0.5, 0.6) is 0 Å². The van der Waals surface area contributed by atoms with E-state index in [-0.39, 0.29) is 24.7 Å². The van der Waals surface area contributed by atoms with Gasteiger partial charge in [-0.1, -0.05) is 24.0 Å². The highest BCUT2D eigenvalue weighted by atomic mass is 32.2. The van der Waals surface area contributed by atoms with Gasteiger partial charge in [0.2, 0.25) is 0 Å². The first-order valence-electron chi connectivity index (χ1n) is 8.49. The van der Waals surface area contributed by atoms with E-state index in [0.717, 1.165) is 11.8 Å². The van der Waals surface area contributed by atoms with Crippen molar-refractivity contribution >= 4 is 58.2 Å². The number of carboxylic acids is 1. The minimum Gasteiger partial charge on any atom is -0.481 e. The van der Waals surface area contributed by atoms with Crippen molar-refractivity contribution in [2.45, 2.75) is 39.2 Å². The quantitative estimate of drug-likeness (QED) is 0.529. The molecule has 0 radical (unpaired) electrons. The third kappa shape index (κ3) is 6.31. The lowest BCUT2D eigenvalue weighted by molar-refractivity contribution is -0.137. The van der Waals surface area contributed by atoms with E-state index in [4.69, 9.17) is 22.1 Å². The van der Waals surface area contributed by atoms with Gasteiger partial charge in [-0.25, -0.2) is 9.78 Å². The van der Waals surface area contributed by atoms with Crippen molar-refractivity contribution in [2.75, 3.05) is 11.9 Å². The molecular formula is C18H21N3O5S2. The van der Waals surface area contributed by atoms with Crippen molar-refractivity contribution in [3.63, 3.8) is 0 Å². The third-order valence-corrected chi connectivity index (χ3v) is 4.77. The largest absolute Gasteiger partial charge is 0.481 e. The lowest BCUT2D eigenvalue weighted by Crippen LogP contribution is -2.29. The van der Waals surface area contributed by atoms with Gasteiger partial charge in [-0.15, -0.1) is 0 Å². The minimum atomic E-state index is -0.922. The predicted octanol–water partition coefficient (Wildman–Crippen LogP) is 3.49. The van der Waals surface area contributed by atoms with E-state index in [2.05, 4.69) is 10.3 Å². The number of carboxylic acid groups (broad SMARTS) is 1. The van der Waals surface area contributed by atoms with Crippen molar-refractivity contribution in [1.29, 1.82) is 0 Å². The number of anilines is 1. The molecule has 0 unspecified atom stereocenters. The summed E-state index contributed by atoms with van der Waals surface area (Å²) in [5, 5.41) is 11.3. The van der Waals surface area contributed by atoms with E-state index in [9.17, 15) is 14.4 Å². The van der Waals surface area contributed by atoms with Gasteiger partial charge in [0.25, 0.3) is 5.91 Å². The number of nitrogens with zero attached hydrogens (tertiary/aromatic N) is 2. The zero-order valence-corrected chi connectivity index (χ0v) is 17.4. The van der Waals surface area contributed by atoms with Crippen LogP contribution in [0.15, 0.2) is 23.2 Å². The van der Waals surface area contributed by atoms with E-state index < -0.39 is 17.7 Å². The lowest BCUT2D eigenvalue weighted by Gasteiger charge is -2.19. The Balaban J connectivity index is 2.15. The predicted molar refractivity (Wildman–Crippen MR) is 111 cm³/mol. The Morgan fingerprint density at radius 1 is 1.43 bits per heavy atom. The Bertz CT molecular complexity index is 833. The van der Waals surface area contributed by atoms with Crippen LogP contribution in [0.2, 0.25) is 0 Å². The minimum absolute atomic E-state index is 0.0390.